The zero-order valence-corrected chi connectivity index (χ0v) is 17.1. The average Bonchev–Trinajstić information content (AvgIpc) is 3.27. The Labute approximate surface area is 172 Å². The van der Waals surface area contributed by atoms with Crippen LogP contribution in [0.3, 0.4) is 0 Å². The molecule has 2 aromatic heterocycles. The molecular formula is C21H22N4O3S. The van der Waals surface area contributed by atoms with Crippen LogP contribution in [0.15, 0.2) is 52.2 Å². The summed E-state index contributed by atoms with van der Waals surface area (Å²) < 4.78 is 7.53. The van der Waals surface area contributed by atoms with Crippen molar-refractivity contribution < 1.29 is 14.0 Å². The van der Waals surface area contributed by atoms with E-state index in [4.69, 9.17) is 4.42 Å². The minimum Gasteiger partial charge on any atom is -0.467 e. The summed E-state index contributed by atoms with van der Waals surface area (Å²) in [5, 5.41) is 11.9. The Bertz CT molecular complexity index is 1020. The molecule has 0 spiro atoms. The Hall–Kier alpha value is -2.87. The van der Waals surface area contributed by atoms with Crippen LogP contribution in [0.2, 0.25) is 0 Å². The number of Topliss-reactive ketones (excluding diaryl/α,β-unsaturated/α-hetero) is 1. The van der Waals surface area contributed by atoms with Crippen LogP contribution >= 0.6 is 11.8 Å². The minimum absolute atomic E-state index is 0.0397. The summed E-state index contributed by atoms with van der Waals surface area (Å²) in [6.45, 7) is 3.88. The third-order valence-corrected chi connectivity index (χ3v) is 5.85. The quantitative estimate of drug-likeness (QED) is 0.444. The van der Waals surface area contributed by atoms with Crippen LogP contribution in [0.5, 0.6) is 0 Å². The maximum atomic E-state index is 12.7. The highest BCUT2D eigenvalue weighted by Crippen LogP contribution is 2.40. The molecule has 8 heteroatoms. The molecular weight excluding hydrogens is 388 g/mol. The first-order valence-electron chi connectivity index (χ1n) is 9.55. The van der Waals surface area contributed by atoms with E-state index in [2.05, 4.69) is 15.5 Å². The normalized spacial score (nSPS) is 14.6. The van der Waals surface area contributed by atoms with Crippen molar-refractivity contribution in [1.29, 1.82) is 0 Å². The molecule has 1 unspecified atom stereocenters. The largest absolute Gasteiger partial charge is 0.467 e. The molecule has 1 aliphatic rings. The van der Waals surface area contributed by atoms with Gasteiger partial charge in [-0.05, 0) is 51.0 Å². The summed E-state index contributed by atoms with van der Waals surface area (Å²) in [4.78, 5) is 24.2. The number of carbonyl (C=O) groups is 2. The van der Waals surface area contributed by atoms with Crippen LogP contribution in [0, 0.1) is 0 Å². The van der Waals surface area contributed by atoms with Gasteiger partial charge in [0.05, 0.1) is 18.1 Å². The van der Waals surface area contributed by atoms with Gasteiger partial charge >= 0.3 is 0 Å². The Kier molecular flexibility index (Phi) is 5.53. The number of rotatable bonds is 8. The third kappa shape index (κ3) is 4.59. The average molecular weight is 410 g/mol. The van der Waals surface area contributed by atoms with E-state index in [0.717, 1.165) is 24.4 Å². The SMILES string of the molecule is CC(=O)c1cccc(NC(=O)C(C)Sc2nnc(C3CC3)n2Cc2ccco2)c1. The molecule has 0 aliphatic heterocycles. The number of thioether (sulfide) groups is 1. The molecule has 1 amide bonds. The number of nitrogens with one attached hydrogen (secondary N) is 1. The summed E-state index contributed by atoms with van der Waals surface area (Å²) in [7, 11) is 0. The maximum absolute atomic E-state index is 12.7. The van der Waals surface area contributed by atoms with Gasteiger partial charge in [0.25, 0.3) is 0 Å². The lowest BCUT2D eigenvalue weighted by Gasteiger charge is -2.13. The van der Waals surface area contributed by atoms with Gasteiger partial charge in [-0.2, -0.15) is 0 Å². The van der Waals surface area contributed by atoms with Gasteiger partial charge in [0.2, 0.25) is 5.91 Å². The van der Waals surface area contributed by atoms with E-state index in [0.29, 0.717) is 28.9 Å². The van der Waals surface area contributed by atoms with Crippen LogP contribution in [0.1, 0.15) is 54.5 Å². The van der Waals surface area contributed by atoms with Crippen molar-refractivity contribution in [2.24, 2.45) is 0 Å². The van der Waals surface area contributed by atoms with Crippen molar-refractivity contribution in [2.45, 2.75) is 49.6 Å². The molecule has 150 valence electrons. The standard InChI is InChI=1S/C21H22N4O3S/c1-13(26)16-5-3-6-17(11-16)22-20(27)14(2)29-21-24-23-19(15-8-9-15)25(21)12-18-7-4-10-28-18/h3-7,10-11,14-15H,8-9,12H2,1-2H3,(H,22,27). The van der Waals surface area contributed by atoms with Gasteiger partial charge in [0.1, 0.15) is 11.6 Å². The highest BCUT2D eigenvalue weighted by molar-refractivity contribution is 8.00. The van der Waals surface area contributed by atoms with E-state index in [1.54, 1.807) is 30.5 Å². The van der Waals surface area contributed by atoms with E-state index >= 15 is 0 Å². The first-order valence-corrected chi connectivity index (χ1v) is 10.4. The number of benzene rings is 1. The number of amides is 1. The second kappa shape index (κ2) is 8.24. The zero-order valence-electron chi connectivity index (χ0n) is 16.3. The number of nitrogens with zero attached hydrogens (tertiary/aromatic N) is 3. The van der Waals surface area contributed by atoms with Gasteiger partial charge in [0, 0.05) is 17.2 Å². The Morgan fingerprint density at radius 3 is 2.79 bits per heavy atom. The lowest BCUT2D eigenvalue weighted by molar-refractivity contribution is -0.115. The van der Waals surface area contributed by atoms with Crippen molar-refractivity contribution in [3.8, 4) is 0 Å². The van der Waals surface area contributed by atoms with Gasteiger partial charge in [-0.25, -0.2) is 0 Å². The monoisotopic (exact) mass is 410 g/mol. The van der Waals surface area contributed by atoms with Crippen LogP contribution in [-0.4, -0.2) is 31.7 Å². The highest BCUT2D eigenvalue weighted by atomic mass is 32.2. The smallest absolute Gasteiger partial charge is 0.237 e. The van der Waals surface area contributed by atoms with Crippen molar-refractivity contribution in [3.05, 3.63) is 59.8 Å². The van der Waals surface area contributed by atoms with Gasteiger partial charge in [-0.3, -0.25) is 14.2 Å². The Morgan fingerprint density at radius 2 is 2.10 bits per heavy atom. The molecule has 1 saturated carbocycles. The molecule has 1 N–H and O–H groups in total. The fourth-order valence-corrected chi connectivity index (χ4v) is 3.86. The lowest BCUT2D eigenvalue weighted by atomic mass is 10.1. The molecule has 1 aliphatic carbocycles. The van der Waals surface area contributed by atoms with Gasteiger partial charge in [-0.15, -0.1) is 10.2 Å². The third-order valence-electron chi connectivity index (χ3n) is 4.77. The summed E-state index contributed by atoms with van der Waals surface area (Å²) in [6.07, 6.45) is 3.88. The van der Waals surface area contributed by atoms with Gasteiger partial charge in [-0.1, -0.05) is 23.9 Å². The van der Waals surface area contributed by atoms with Crippen LogP contribution in [0.25, 0.3) is 0 Å². The molecule has 0 saturated heterocycles. The molecule has 1 atom stereocenters. The number of hydrogen-bond acceptors (Lipinski definition) is 6. The molecule has 2 heterocycles. The number of carbonyl (C=O) groups excluding carboxylic acids is 2. The second-order valence-electron chi connectivity index (χ2n) is 7.17. The second-order valence-corrected chi connectivity index (χ2v) is 8.47. The molecule has 1 aromatic carbocycles. The van der Waals surface area contributed by atoms with Crippen molar-refractivity contribution in [3.63, 3.8) is 0 Å². The van der Waals surface area contributed by atoms with E-state index in [1.165, 1.54) is 18.7 Å². The van der Waals surface area contributed by atoms with Crippen LogP contribution in [-0.2, 0) is 11.3 Å². The van der Waals surface area contributed by atoms with E-state index in [-0.39, 0.29) is 16.9 Å². The van der Waals surface area contributed by atoms with E-state index in [9.17, 15) is 9.59 Å². The van der Waals surface area contributed by atoms with Crippen LogP contribution < -0.4 is 5.32 Å². The van der Waals surface area contributed by atoms with Gasteiger partial charge < -0.3 is 9.73 Å². The predicted molar refractivity (Wildman–Crippen MR) is 110 cm³/mol. The predicted octanol–water partition coefficient (Wildman–Crippen LogP) is 4.12. The fraction of sp³-hybridized carbons (Fsp3) is 0.333. The van der Waals surface area contributed by atoms with E-state index < -0.39 is 0 Å². The molecule has 3 aromatic rings. The first kappa shape index (κ1) is 19.4. The number of anilines is 1. The van der Waals surface area contributed by atoms with E-state index in [1.807, 2.05) is 23.6 Å². The first-order chi connectivity index (χ1) is 14.0. The highest BCUT2D eigenvalue weighted by Gasteiger charge is 2.31. The van der Waals surface area contributed by atoms with Crippen molar-refractivity contribution in [2.75, 3.05) is 5.32 Å². The lowest BCUT2D eigenvalue weighted by Crippen LogP contribution is -2.23. The molecule has 4 rings (SSSR count). The van der Waals surface area contributed by atoms with Crippen LogP contribution in [0.4, 0.5) is 5.69 Å². The molecule has 1 fully saturated rings. The Morgan fingerprint density at radius 1 is 1.28 bits per heavy atom. The summed E-state index contributed by atoms with van der Waals surface area (Å²) in [6, 6.07) is 10.7. The zero-order chi connectivity index (χ0) is 20.4. The minimum atomic E-state index is -0.386. The van der Waals surface area contributed by atoms with Crippen molar-refractivity contribution in [1.82, 2.24) is 14.8 Å². The fourth-order valence-electron chi connectivity index (χ4n) is 3.01. The summed E-state index contributed by atoms with van der Waals surface area (Å²) in [5.41, 5.74) is 1.17. The number of aromatic nitrogens is 3. The number of hydrogen-bond donors (Lipinski definition) is 1. The Balaban J connectivity index is 1.47. The van der Waals surface area contributed by atoms with Crippen molar-refractivity contribution >= 4 is 29.1 Å². The number of furan rings is 1. The maximum Gasteiger partial charge on any atom is 0.237 e. The molecule has 7 nitrogen and oxygen atoms in total. The molecule has 29 heavy (non-hydrogen) atoms. The summed E-state index contributed by atoms with van der Waals surface area (Å²) >= 11 is 1.36. The topological polar surface area (TPSA) is 90.0 Å². The van der Waals surface area contributed by atoms with Gasteiger partial charge in [0.15, 0.2) is 10.9 Å². The molecule has 0 bridgehead atoms. The summed E-state index contributed by atoms with van der Waals surface area (Å²) in [5.74, 6) is 2.01. The number of ketones is 1. The molecule has 0 radical (unpaired) electrons.